The summed E-state index contributed by atoms with van der Waals surface area (Å²) >= 11 is 0. The Hall–Kier alpha value is -2.55. The zero-order valence-corrected chi connectivity index (χ0v) is 18.7. The first-order valence-corrected chi connectivity index (χ1v) is 10.6. The summed E-state index contributed by atoms with van der Waals surface area (Å²) in [5, 5.41) is 2.45. The van der Waals surface area contributed by atoms with E-state index >= 15 is 0 Å². The Morgan fingerprint density at radius 1 is 0.966 bits per heavy atom. The number of aromatic nitrogens is 2. The number of nitrogens with zero attached hydrogens (tertiary/aromatic N) is 2. The molecule has 4 aromatic rings. The van der Waals surface area contributed by atoms with E-state index in [1.807, 2.05) is 0 Å². The lowest BCUT2D eigenvalue weighted by Gasteiger charge is -2.41. The highest BCUT2D eigenvalue weighted by Crippen LogP contribution is 2.48. The monoisotopic (exact) mass is 387 g/mol. The summed E-state index contributed by atoms with van der Waals surface area (Å²) in [6.07, 6.45) is 6.63. The Bertz CT molecular complexity index is 1260. The largest absolute Gasteiger partial charge is 0.455 e. The lowest BCUT2D eigenvalue weighted by atomic mass is 9.63. The molecule has 2 aromatic carbocycles. The average Bonchev–Trinajstić information content (AvgIpc) is 3.18. The normalized spacial score (nSPS) is 17.8. The van der Waals surface area contributed by atoms with Gasteiger partial charge in [0.2, 0.25) is 0 Å². The smallest absolute Gasteiger partial charge is 0.292 e. The van der Waals surface area contributed by atoms with Gasteiger partial charge >= 0.3 is 0 Å². The van der Waals surface area contributed by atoms with Gasteiger partial charge in [0, 0.05) is 10.8 Å². The molecule has 0 fully saturated rings. The minimum Gasteiger partial charge on any atom is -0.455 e. The molecule has 0 radical (unpaired) electrons. The molecule has 0 unspecified atom stereocenters. The zero-order valence-electron chi connectivity index (χ0n) is 18.7. The van der Waals surface area contributed by atoms with E-state index in [0.29, 0.717) is 0 Å². The molecule has 150 valence electrons. The average molecular weight is 388 g/mol. The van der Waals surface area contributed by atoms with Crippen LogP contribution in [0.1, 0.15) is 57.2 Å². The third kappa shape index (κ3) is 2.52. The Morgan fingerprint density at radius 3 is 2.24 bits per heavy atom. The van der Waals surface area contributed by atoms with Gasteiger partial charge in [-0.25, -0.2) is 9.13 Å². The van der Waals surface area contributed by atoms with E-state index in [1.165, 1.54) is 45.9 Å². The molecular weight excluding hydrogens is 356 g/mol. The van der Waals surface area contributed by atoms with E-state index in [0.717, 1.165) is 17.0 Å². The minimum atomic E-state index is 0.182. The van der Waals surface area contributed by atoms with Crippen LogP contribution < -0.4 is 4.57 Å². The number of imidazole rings is 1. The van der Waals surface area contributed by atoms with Gasteiger partial charge in [-0.15, -0.1) is 0 Å². The molecule has 0 aliphatic heterocycles. The van der Waals surface area contributed by atoms with Crippen molar-refractivity contribution in [3.63, 3.8) is 0 Å². The summed E-state index contributed by atoms with van der Waals surface area (Å²) in [5.41, 5.74) is 7.73. The third-order valence-corrected chi connectivity index (χ3v) is 7.23. The fourth-order valence-electron chi connectivity index (χ4n) is 5.22. The van der Waals surface area contributed by atoms with Crippen molar-refractivity contribution in [3.05, 3.63) is 53.3 Å². The van der Waals surface area contributed by atoms with Crippen molar-refractivity contribution in [2.75, 3.05) is 0 Å². The Balaban J connectivity index is 1.90. The van der Waals surface area contributed by atoms with Crippen LogP contribution in [0.15, 0.2) is 41.1 Å². The van der Waals surface area contributed by atoms with Gasteiger partial charge in [0.1, 0.15) is 23.5 Å². The number of hydrogen-bond acceptors (Lipinski definition) is 1. The van der Waals surface area contributed by atoms with Crippen molar-refractivity contribution in [2.45, 2.75) is 58.3 Å². The van der Waals surface area contributed by atoms with Gasteiger partial charge < -0.3 is 4.42 Å². The summed E-state index contributed by atoms with van der Waals surface area (Å²) in [4.78, 5) is 0. The van der Waals surface area contributed by atoms with Crippen molar-refractivity contribution < 1.29 is 8.98 Å². The van der Waals surface area contributed by atoms with Crippen LogP contribution >= 0.6 is 0 Å². The minimum absolute atomic E-state index is 0.182. The van der Waals surface area contributed by atoms with Crippen molar-refractivity contribution >= 4 is 21.9 Å². The Labute approximate surface area is 173 Å². The molecule has 2 aromatic heterocycles. The van der Waals surface area contributed by atoms with Gasteiger partial charge in [-0.05, 0) is 59.4 Å². The lowest BCUT2D eigenvalue weighted by Crippen LogP contribution is -2.33. The van der Waals surface area contributed by atoms with Crippen molar-refractivity contribution in [1.82, 2.24) is 4.57 Å². The molecule has 29 heavy (non-hydrogen) atoms. The van der Waals surface area contributed by atoms with Crippen LogP contribution in [0.3, 0.4) is 0 Å². The van der Waals surface area contributed by atoms with Gasteiger partial charge in [0.25, 0.3) is 5.82 Å². The topological polar surface area (TPSA) is 21.9 Å². The van der Waals surface area contributed by atoms with Crippen LogP contribution in [0.25, 0.3) is 33.3 Å². The van der Waals surface area contributed by atoms with Crippen molar-refractivity contribution in [1.29, 1.82) is 0 Å². The van der Waals surface area contributed by atoms with Crippen molar-refractivity contribution in [2.24, 2.45) is 14.1 Å². The number of benzene rings is 2. The molecule has 0 amide bonds. The molecule has 0 spiro atoms. The molecule has 1 aliphatic carbocycles. The molecular formula is C26H31N2O+. The second-order valence-electron chi connectivity index (χ2n) is 10.2. The van der Waals surface area contributed by atoms with Crippen LogP contribution in [0.5, 0.6) is 0 Å². The van der Waals surface area contributed by atoms with Gasteiger partial charge in [-0.3, -0.25) is 0 Å². The predicted octanol–water partition coefficient (Wildman–Crippen LogP) is 6.07. The van der Waals surface area contributed by atoms with E-state index in [-0.39, 0.29) is 10.8 Å². The first kappa shape index (κ1) is 18.5. The van der Waals surface area contributed by atoms with Crippen LogP contribution in [-0.4, -0.2) is 4.57 Å². The van der Waals surface area contributed by atoms with E-state index in [1.54, 1.807) is 0 Å². The molecule has 0 saturated heterocycles. The number of fused-ring (bicyclic) bond motifs is 4. The summed E-state index contributed by atoms with van der Waals surface area (Å²) in [6.45, 7) is 11.7. The summed E-state index contributed by atoms with van der Waals surface area (Å²) in [7, 11) is 4.19. The van der Waals surface area contributed by atoms with Crippen LogP contribution in [0.4, 0.5) is 0 Å². The number of rotatable bonds is 1. The molecule has 2 heterocycles. The summed E-state index contributed by atoms with van der Waals surface area (Å²) in [5.74, 6) is 1.16. The van der Waals surface area contributed by atoms with E-state index in [2.05, 4.69) is 94.5 Å². The predicted molar refractivity (Wildman–Crippen MR) is 119 cm³/mol. The molecule has 0 N–H and O–H groups in total. The second kappa shape index (κ2) is 5.75. The Kier molecular flexibility index (Phi) is 3.66. The highest BCUT2D eigenvalue weighted by molar-refractivity contribution is 6.10. The lowest BCUT2D eigenvalue weighted by molar-refractivity contribution is -0.659. The van der Waals surface area contributed by atoms with Crippen LogP contribution in [-0.2, 0) is 24.9 Å². The molecule has 1 aliphatic rings. The fourth-order valence-corrected chi connectivity index (χ4v) is 5.22. The molecule has 3 nitrogen and oxygen atoms in total. The van der Waals surface area contributed by atoms with Crippen LogP contribution in [0, 0.1) is 6.92 Å². The first-order chi connectivity index (χ1) is 13.6. The van der Waals surface area contributed by atoms with E-state index < -0.39 is 0 Å². The van der Waals surface area contributed by atoms with Gasteiger partial charge in [0.15, 0.2) is 5.58 Å². The second-order valence-corrected chi connectivity index (χ2v) is 10.2. The summed E-state index contributed by atoms with van der Waals surface area (Å²) < 4.78 is 10.9. The number of furan rings is 1. The van der Waals surface area contributed by atoms with Gasteiger partial charge in [-0.2, -0.15) is 0 Å². The number of hydrogen-bond donors (Lipinski definition) is 0. The highest BCUT2D eigenvalue weighted by Gasteiger charge is 2.38. The quantitative estimate of drug-likeness (QED) is 0.363. The maximum atomic E-state index is 6.60. The number of aryl methyl sites for hydroxylation is 3. The first-order valence-electron chi connectivity index (χ1n) is 10.6. The SMILES string of the molecule is Cc1ccc2c(oc3cc4c(cc32)C(C)(C)CCC4(C)C)c1-c1n(C)cc[n+]1C. The van der Waals surface area contributed by atoms with Crippen LogP contribution in [0.2, 0.25) is 0 Å². The van der Waals surface area contributed by atoms with Crippen molar-refractivity contribution in [3.8, 4) is 11.4 Å². The van der Waals surface area contributed by atoms with Gasteiger partial charge in [0.05, 0.1) is 14.1 Å². The molecule has 3 heteroatoms. The Morgan fingerprint density at radius 2 is 1.62 bits per heavy atom. The highest BCUT2D eigenvalue weighted by atomic mass is 16.3. The molecule has 0 atom stereocenters. The molecule has 0 saturated carbocycles. The maximum Gasteiger partial charge on any atom is 0.292 e. The van der Waals surface area contributed by atoms with E-state index in [4.69, 9.17) is 4.42 Å². The molecule has 0 bridgehead atoms. The standard InChI is InChI=1S/C26H31N2O/c1-16-8-9-17-18-14-19-20(26(4,5)11-10-25(19,2)3)15-21(18)29-23(17)22(16)24-27(6)12-13-28(24)7/h8-9,12-15H,10-11H2,1-7H3/q+1. The third-order valence-electron chi connectivity index (χ3n) is 7.23. The summed E-state index contributed by atoms with van der Waals surface area (Å²) in [6, 6.07) is 9.21. The zero-order chi connectivity index (χ0) is 20.7. The van der Waals surface area contributed by atoms with Gasteiger partial charge in [-0.1, -0.05) is 39.8 Å². The van der Waals surface area contributed by atoms with E-state index in [9.17, 15) is 0 Å². The molecule has 5 rings (SSSR count). The maximum absolute atomic E-state index is 6.60. The fraction of sp³-hybridized carbons (Fsp3) is 0.423.